The lowest BCUT2D eigenvalue weighted by atomic mass is 10.0. The van der Waals surface area contributed by atoms with Crippen molar-refractivity contribution >= 4 is 94.2 Å². The van der Waals surface area contributed by atoms with Crippen LogP contribution in [0.15, 0.2) is 297 Å². The van der Waals surface area contributed by atoms with Gasteiger partial charge in [0, 0.05) is 43.7 Å². The molecule has 0 aliphatic heterocycles. The smallest absolute Gasteiger partial charge is 0.179 e. The summed E-state index contributed by atoms with van der Waals surface area (Å²) in [5.74, 6) is 0. The molecule has 12 aromatic carbocycles. The number of benzene rings is 12. The van der Waals surface area contributed by atoms with E-state index in [0.29, 0.717) is 0 Å². The highest BCUT2D eigenvalue weighted by Crippen LogP contribution is 2.42. The molecule has 3 aromatic heterocycles. The minimum Gasteiger partial charge on any atom is -0.309 e. The van der Waals surface area contributed by atoms with E-state index in [1.807, 2.05) is 0 Å². The minimum absolute atomic E-state index is 1.10. The number of rotatable bonds is 9. The van der Waals surface area contributed by atoms with Crippen molar-refractivity contribution in [2.75, 3.05) is 0 Å². The third-order valence-corrected chi connectivity index (χ3v) is 20.7. The van der Waals surface area contributed by atoms with Crippen LogP contribution in [0.25, 0.3) is 105 Å². The molecule has 76 heavy (non-hydrogen) atoms. The fourth-order valence-corrected chi connectivity index (χ4v) is 17.5. The first-order valence-corrected chi connectivity index (χ1v) is 28.3. The Hall–Kier alpha value is -9.74. The van der Waals surface area contributed by atoms with Gasteiger partial charge in [0.1, 0.15) is 0 Å². The van der Waals surface area contributed by atoms with E-state index in [9.17, 15) is 0 Å². The highest BCUT2D eigenvalue weighted by molar-refractivity contribution is 7.20. The fourth-order valence-electron chi connectivity index (χ4n) is 12.7. The summed E-state index contributed by atoms with van der Waals surface area (Å²) < 4.78 is 7.51. The van der Waals surface area contributed by atoms with Gasteiger partial charge in [0.2, 0.25) is 0 Å². The van der Waals surface area contributed by atoms with Crippen molar-refractivity contribution in [3.05, 3.63) is 297 Å². The second kappa shape index (κ2) is 17.7. The zero-order valence-electron chi connectivity index (χ0n) is 41.6. The van der Waals surface area contributed by atoms with Crippen LogP contribution in [0.2, 0.25) is 0 Å². The van der Waals surface area contributed by atoms with Crippen molar-refractivity contribution in [3.8, 4) is 39.3 Å². The molecule has 15 rings (SSSR count). The van der Waals surface area contributed by atoms with Gasteiger partial charge < -0.3 is 13.7 Å². The molecule has 0 saturated carbocycles. The first-order valence-electron chi connectivity index (χ1n) is 26.3. The number of hydrogen-bond acceptors (Lipinski definition) is 0. The summed E-state index contributed by atoms with van der Waals surface area (Å²) >= 11 is 0. The summed E-state index contributed by atoms with van der Waals surface area (Å²) in [5.41, 5.74) is 15.1. The van der Waals surface area contributed by atoms with E-state index in [0.717, 1.165) is 39.2 Å². The van der Waals surface area contributed by atoms with E-state index < -0.39 is 8.07 Å². The third kappa shape index (κ3) is 6.74. The molecule has 356 valence electrons. The van der Waals surface area contributed by atoms with Gasteiger partial charge in [-0.25, -0.2) is 0 Å². The van der Waals surface area contributed by atoms with Gasteiger partial charge in [0.25, 0.3) is 0 Å². The number of nitrogens with zero attached hydrogens (tertiary/aromatic N) is 3. The van der Waals surface area contributed by atoms with Crippen molar-refractivity contribution in [2.45, 2.75) is 0 Å². The molecule has 15 aromatic rings. The van der Waals surface area contributed by atoms with Gasteiger partial charge >= 0.3 is 0 Å². The quantitative estimate of drug-likeness (QED) is 0.101. The Morgan fingerprint density at radius 1 is 0.211 bits per heavy atom. The van der Waals surface area contributed by atoms with Crippen LogP contribution < -0.4 is 20.7 Å². The molecule has 0 amide bonds. The van der Waals surface area contributed by atoms with E-state index in [1.54, 1.807) is 0 Å². The van der Waals surface area contributed by atoms with Crippen molar-refractivity contribution < 1.29 is 0 Å². The topological polar surface area (TPSA) is 14.8 Å². The zero-order chi connectivity index (χ0) is 50.2. The first-order chi connectivity index (χ1) is 37.7. The molecule has 0 unspecified atom stereocenters. The molecule has 0 N–H and O–H groups in total. The summed E-state index contributed by atoms with van der Waals surface area (Å²) in [5, 5.41) is 12.7. The maximum atomic E-state index is 2.55. The van der Waals surface area contributed by atoms with Crippen LogP contribution >= 0.6 is 0 Å². The van der Waals surface area contributed by atoms with Gasteiger partial charge in [-0.3, -0.25) is 0 Å². The molecule has 0 bridgehead atoms. The van der Waals surface area contributed by atoms with Gasteiger partial charge in [0.05, 0.1) is 38.8 Å². The largest absolute Gasteiger partial charge is 0.309 e. The normalized spacial score (nSPS) is 11.9. The summed E-state index contributed by atoms with van der Waals surface area (Å²) in [6.07, 6.45) is 0. The highest BCUT2D eigenvalue weighted by Gasteiger charge is 2.42. The Bertz CT molecular complexity index is 4590. The van der Waals surface area contributed by atoms with Crippen molar-refractivity contribution in [2.24, 2.45) is 0 Å². The standard InChI is InChI=1S/C72H49N3Si/c1-5-23-50(24-6-1)52-27-21-32-58(47-52)76(56-28-9-3-10-29-56,57-30-11-4-12-31-57)59-43-44-63-62-35-13-17-37-65(62)74(71(63)49-59)55-46-53(51-25-7-2-8-26-51)45-54(48-55)73-68-40-20-16-36-64(68)72-69(73)41-22-42-70(72)75-66-38-18-14-33-60(66)61-34-15-19-39-67(61)75/h1-49H. The van der Waals surface area contributed by atoms with Gasteiger partial charge in [0.15, 0.2) is 8.07 Å². The number of fused-ring (bicyclic) bond motifs is 9. The van der Waals surface area contributed by atoms with Gasteiger partial charge in [-0.1, -0.05) is 237 Å². The lowest BCUT2D eigenvalue weighted by Crippen LogP contribution is -2.74. The summed E-state index contributed by atoms with van der Waals surface area (Å²) in [4.78, 5) is 0. The molecule has 0 saturated heterocycles. The average molecular weight is 984 g/mol. The molecule has 4 heteroatoms. The van der Waals surface area contributed by atoms with Crippen LogP contribution in [0, 0.1) is 0 Å². The summed E-state index contributed by atoms with van der Waals surface area (Å²) in [6.45, 7) is 0. The van der Waals surface area contributed by atoms with Crippen molar-refractivity contribution in [3.63, 3.8) is 0 Å². The van der Waals surface area contributed by atoms with E-state index in [-0.39, 0.29) is 0 Å². The molecule has 0 spiro atoms. The molecule has 3 heterocycles. The summed E-state index contributed by atoms with van der Waals surface area (Å²) in [7, 11) is -3.02. The van der Waals surface area contributed by atoms with E-state index in [4.69, 9.17) is 0 Å². The van der Waals surface area contributed by atoms with E-state index in [2.05, 4.69) is 311 Å². The van der Waals surface area contributed by atoms with Crippen molar-refractivity contribution in [1.82, 2.24) is 13.7 Å². The molecule has 0 radical (unpaired) electrons. The predicted molar refractivity (Wildman–Crippen MR) is 324 cm³/mol. The monoisotopic (exact) mass is 983 g/mol. The Morgan fingerprint density at radius 3 is 1.18 bits per heavy atom. The molecular weight excluding hydrogens is 935 g/mol. The Balaban J connectivity index is 1.02. The highest BCUT2D eigenvalue weighted by atomic mass is 28.3. The summed E-state index contributed by atoms with van der Waals surface area (Å²) in [6, 6.07) is 111. The lowest BCUT2D eigenvalue weighted by molar-refractivity contribution is 1.13. The molecule has 0 aliphatic carbocycles. The second-order valence-corrected chi connectivity index (χ2v) is 23.8. The van der Waals surface area contributed by atoms with Crippen LogP contribution in [0.3, 0.4) is 0 Å². The van der Waals surface area contributed by atoms with E-state index in [1.165, 1.54) is 86.3 Å². The van der Waals surface area contributed by atoms with E-state index >= 15 is 0 Å². The molecule has 0 atom stereocenters. The lowest BCUT2D eigenvalue weighted by Gasteiger charge is -2.35. The fraction of sp³-hybridized carbons (Fsp3) is 0. The van der Waals surface area contributed by atoms with Gasteiger partial charge in [-0.2, -0.15) is 0 Å². The zero-order valence-corrected chi connectivity index (χ0v) is 42.6. The second-order valence-electron chi connectivity index (χ2n) is 20.0. The Kier molecular flexibility index (Phi) is 10.2. The van der Waals surface area contributed by atoms with Gasteiger partial charge in [-0.05, 0) is 104 Å². The Morgan fingerprint density at radius 2 is 0.605 bits per heavy atom. The molecule has 0 aliphatic rings. The Labute approximate surface area is 442 Å². The maximum absolute atomic E-state index is 3.02. The number of hydrogen-bond donors (Lipinski definition) is 0. The molecule has 3 nitrogen and oxygen atoms in total. The maximum Gasteiger partial charge on any atom is 0.179 e. The molecular formula is C72H49N3Si. The molecule has 0 fully saturated rings. The van der Waals surface area contributed by atoms with Crippen LogP contribution in [0.5, 0.6) is 0 Å². The van der Waals surface area contributed by atoms with Crippen LogP contribution in [-0.4, -0.2) is 21.8 Å². The number of aromatic nitrogens is 3. The minimum atomic E-state index is -3.02. The van der Waals surface area contributed by atoms with Crippen LogP contribution in [0.1, 0.15) is 0 Å². The average Bonchev–Trinajstić information content (AvgIpc) is 4.26. The van der Waals surface area contributed by atoms with Crippen molar-refractivity contribution in [1.29, 1.82) is 0 Å². The van der Waals surface area contributed by atoms with Crippen LogP contribution in [0.4, 0.5) is 0 Å². The predicted octanol–water partition coefficient (Wildman–Crippen LogP) is 15.7. The van der Waals surface area contributed by atoms with Crippen LogP contribution in [-0.2, 0) is 0 Å². The first kappa shape index (κ1) is 43.8. The number of para-hydroxylation sites is 4. The van der Waals surface area contributed by atoms with Gasteiger partial charge in [-0.15, -0.1) is 0 Å². The third-order valence-electron chi connectivity index (χ3n) is 15.9. The SMILES string of the molecule is c1ccc(-c2cc(-n3c4ccccc4c4ccc([Si](c5ccccc5)(c5ccccc5)c5cccc(-c6ccccc6)c5)cc43)cc(-n3c4ccccc4c4c(-n5c6ccccc6c6ccccc65)cccc43)c2)cc1.